The topological polar surface area (TPSA) is 71.0 Å². The van der Waals surface area contributed by atoms with Gasteiger partial charge in [-0.15, -0.1) is 0 Å². The van der Waals surface area contributed by atoms with E-state index in [-0.39, 0.29) is 5.96 Å². The summed E-state index contributed by atoms with van der Waals surface area (Å²) in [6, 6.07) is 18.6. The Balaban J connectivity index is 2.13. The second-order valence-corrected chi connectivity index (χ2v) is 4.33. The predicted molar refractivity (Wildman–Crippen MR) is 74.9 cm³/mol. The minimum atomic E-state index is -1.51. The molecule has 0 bridgehead atoms. The first-order valence-corrected chi connectivity index (χ1v) is 5.98. The molecule has 94 valence electrons. The van der Waals surface area contributed by atoms with E-state index < -0.39 is 5.72 Å². The Morgan fingerprint density at radius 3 is 2.11 bits per heavy atom. The number of guanidine groups is 1. The lowest BCUT2D eigenvalue weighted by Gasteiger charge is -2.22. The molecule has 0 saturated carbocycles. The second kappa shape index (κ2) is 4.33. The molecule has 0 fully saturated rings. The molecule has 4 nitrogen and oxygen atoms in total. The van der Waals surface area contributed by atoms with Gasteiger partial charge in [0.25, 0.3) is 0 Å². The van der Waals surface area contributed by atoms with E-state index in [1.54, 1.807) is 12.1 Å². The molecular weight excluding hydrogens is 238 g/mol. The molecule has 0 radical (unpaired) electrons. The van der Waals surface area contributed by atoms with Gasteiger partial charge in [0, 0.05) is 11.1 Å². The minimum Gasteiger partial charge on any atom is -0.368 e. The molecular formula is C15H13N3O. The van der Waals surface area contributed by atoms with Gasteiger partial charge in [0.1, 0.15) is 5.71 Å². The van der Waals surface area contributed by atoms with Crippen molar-refractivity contribution < 1.29 is 5.11 Å². The summed E-state index contributed by atoms with van der Waals surface area (Å²) in [7, 11) is 0. The zero-order valence-electron chi connectivity index (χ0n) is 10.2. The van der Waals surface area contributed by atoms with Crippen molar-refractivity contribution in [1.82, 2.24) is 0 Å². The van der Waals surface area contributed by atoms with Crippen molar-refractivity contribution in [1.29, 1.82) is 0 Å². The summed E-state index contributed by atoms with van der Waals surface area (Å²) in [6.45, 7) is 0. The van der Waals surface area contributed by atoms with Crippen LogP contribution in [0.15, 0.2) is 70.6 Å². The molecule has 3 N–H and O–H groups in total. The van der Waals surface area contributed by atoms with E-state index in [2.05, 4.69) is 9.98 Å². The fraction of sp³-hybridized carbons (Fsp3) is 0.0667. The highest BCUT2D eigenvalue weighted by Gasteiger charge is 2.40. The summed E-state index contributed by atoms with van der Waals surface area (Å²) < 4.78 is 0. The number of rotatable bonds is 2. The number of hydrogen-bond donors (Lipinski definition) is 2. The molecule has 0 spiro atoms. The molecule has 19 heavy (non-hydrogen) atoms. The van der Waals surface area contributed by atoms with Crippen molar-refractivity contribution in [3.05, 3.63) is 71.8 Å². The molecule has 1 atom stereocenters. The van der Waals surface area contributed by atoms with Crippen LogP contribution in [0.5, 0.6) is 0 Å². The van der Waals surface area contributed by atoms with Gasteiger partial charge < -0.3 is 10.8 Å². The van der Waals surface area contributed by atoms with E-state index in [0.717, 1.165) is 5.56 Å². The van der Waals surface area contributed by atoms with Gasteiger partial charge in [0.05, 0.1) is 0 Å². The molecule has 4 heteroatoms. The number of hydrogen-bond acceptors (Lipinski definition) is 4. The van der Waals surface area contributed by atoms with Crippen LogP contribution < -0.4 is 5.73 Å². The summed E-state index contributed by atoms with van der Waals surface area (Å²) in [5.74, 6) is 0.0882. The third-order valence-electron chi connectivity index (χ3n) is 3.06. The Kier molecular flexibility index (Phi) is 2.65. The van der Waals surface area contributed by atoms with Crippen LogP contribution in [0.25, 0.3) is 0 Å². The third kappa shape index (κ3) is 1.92. The van der Waals surface area contributed by atoms with Gasteiger partial charge in [0.15, 0.2) is 0 Å². The lowest BCUT2D eigenvalue weighted by Crippen LogP contribution is -2.32. The van der Waals surface area contributed by atoms with E-state index in [1.165, 1.54) is 0 Å². The van der Waals surface area contributed by atoms with Crippen molar-refractivity contribution in [3.8, 4) is 0 Å². The first-order chi connectivity index (χ1) is 9.20. The average Bonchev–Trinajstić information content (AvgIpc) is 2.77. The zero-order chi connectivity index (χ0) is 13.3. The number of aliphatic hydroxyl groups is 1. The summed E-state index contributed by atoms with van der Waals surface area (Å²) in [4.78, 5) is 8.28. The Bertz CT molecular complexity index is 650. The normalized spacial score (nSPS) is 21.9. The zero-order valence-corrected chi connectivity index (χ0v) is 10.2. The quantitative estimate of drug-likeness (QED) is 0.852. The van der Waals surface area contributed by atoms with Crippen LogP contribution in [0.1, 0.15) is 11.1 Å². The predicted octanol–water partition coefficient (Wildman–Crippen LogP) is 1.65. The van der Waals surface area contributed by atoms with Crippen LogP contribution in [-0.4, -0.2) is 16.8 Å². The van der Waals surface area contributed by atoms with Crippen molar-refractivity contribution in [2.75, 3.05) is 0 Å². The average molecular weight is 251 g/mol. The highest BCUT2D eigenvalue weighted by Crippen LogP contribution is 2.31. The fourth-order valence-corrected chi connectivity index (χ4v) is 2.17. The number of aliphatic imine (C=N–C) groups is 2. The van der Waals surface area contributed by atoms with Gasteiger partial charge in [-0.25, -0.2) is 9.98 Å². The smallest absolute Gasteiger partial charge is 0.230 e. The first kappa shape index (κ1) is 11.6. The molecule has 0 aromatic heterocycles. The van der Waals surface area contributed by atoms with Gasteiger partial charge in [0.2, 0.25) is 11.7 Å². The third-order valence-corrected chi connectivity index (χ3v) is 3.06. The molecule has 1 aliphatic heterocycles. The number of nitrogens with two attached hydrogens (primary N) is 1. The maximum atomic E-state index is 10.8. The van der Waals surface area contributed by atoms with Crippen LogP contribution in [0.2, 0.25) is 0 Å². The lowest BCUT2D eigenvalue weighted by molar-refractivity contribution is 0.126. The van der Waals surface area contributed by atoms with Crippen LogP contribution in [0.3, 0.4) is 0 Å². The fourth-order valence-electron chi connectivity index (χ4n) is 2.17. The Morgan fingerprint density at radius 2 is 1.47 bits per heavy atom. The van der Waals surface area contributed by atoms with Crippen molar-refractivity contribution in [3.63, 3.8) is 0 Å². The van der Waals surface area contributed by atoms with Crippen LogP contribution in [0.4, 0.5) is 0 Å². The Labute approximate surface area is 111 Å². The molecule has 0 saturated heterocycles. The van der Waals surface area contributed by atoms with E-state index in [0.29, 0.717) is 11.3 Å². The Morgan fingerprint density at radius 1 is 0.895 bits per heavy atom. The molecule has 0 amide bonds. The number of benzene rings is 2. The van der Waals surface area contributed by atoms with Crippen molar-refractivity contribution in [2.24, 2.45) is 15.7 Å². The Hall–Kier alpha value is -2.46. The van der Waals surface area contributed by atoms with Crippen LogP contribution in [0, 0.1) is 0 Å². The van der Waals surface area contributed by atoms with E-state index >= 15 is 0 Å². The lowest BCUT2D eigenvalue weighted by atomic mass is 9.94. The van der Waals surface area contributed by atoms with Crippen molar-refractivity contribution in [2.45, 2.75) is 5.72 Å². The van der Waals surface area contributed by atoms with E-state index in [1.807, 2.05) is 48.5 Å². The van der Waals surface area contributed by atoms with Gasteiger partial charge in [-0.3, -0.25) is 0 Å². The first-order valence-electron chi connectivity index (χ1n) is 5.98. The maximum Gasteiger partial charge on any atom is 0.230 e. The monoisotopic (exact) mass is 251 g/mol. The SMILES string of the molecule is NC1=NC(O)(c2ccccc2)C(c2ccccc2)=N1. The van der Waals surface area contributed by atoms with Gasteiger partial charge in [-0.2, -0.15) is 0 Å². The highest BCUT2D eigenvalue weighted by atomic mass is 16.3. The van der Waals surface area contributed by atoms with Crippen LogP contribution >= 0.6 is 0 Å². The molecule has 0 aliphatic carbocycles. The van der Waals surface area contributed by atoms with Gasteiger partial charge in [-0.05, 0) is 0 Å². The minimum absolute atomic E-state index is 0.0882. The number of nitrogens with zero attached hydrogens (tertiary/aromatic N) is 2. The molecule has 2 aromatic carbocycles. The molecule has 2 aromatic rings. The molecule has 3 rings (SSSR count). The van der Waals surface area contributed by atoms with Crippen LogP contribution in [-0.2, 0) is 5.72 Å². The molecule has 1 aliphatic rings. The highest BCUT2D eigenvalue weighted by molar-refractivity contribution is 6.15. The molecule has 1 unspecified atom stereocenters. The second-order valence-electron chi connectivity index (χ2n) is 4.33. The summed E-state index contributed by atoms with van der Waals surface area (Å²) >= 11 is 0. The van der Waals surface area contributed by atoms with Gasteiger partial charge in [-0.1, -0.05) is 60.7 Å². The summed E-state index contributed by atoms with van der Waals surface area (Å²) in [5.41, 5.74) is 6.08. The molecule has 1 heterocycles. The van der Waals surface area contributed by atoms with Crippen molar-refractivity contribution >= 4 is 11.7 Å². The standard InChI is InChI=1S/C15H13N3O/c16-14-17-13(11-7-3-1-4-8-11)15(19,18-14)12-9-5-2-6-10-12/h1-10,19H,(H2,16,18). The van der Waals surface area contributed by atoms with E-state index in [4.69, 9.17) is 5.73 Å². The van der Waals surface area contributed by atoms with Gasteiger partial charge >= 0.3 is 0 Å². The largest absolute Gasteiger partial charge is 0.368 e. The maximum absolute atomic E-state index is 10.8. The summed E-state index contributed by atoms with van der Waals surface area (Å²) in [6.07, 6.45) is 0. The van der Waals surface area contributed by atoms with E-state index in [9.17, 15) is 5.11 Å². The summed E-state index contributed by atoms with van der Waals surface area (Å²) in [5, 5.41) is 10.8.